The summed E-state index contributed by atoms with van der Waals surface area (Å²) in [5.74, 6) is 0. The molecule has 3 nitrogen and oxygen atoms in total. The summed E-state index contributed by atoms with van der Waals surface area (Å²) in [7, 11) is 0. The monoisotopic (exact) mass is 213 g/mol. The van der Waals surface area contributed by atoms with Crippen molar-refractivity contribution >= 4 is 15.9 Å². The standard InChI is InChI=1S/C7H8BrN3/c1-7(2,9-3)11-5-6(8)4-10-11/h4-5H,1-2H3. The van der Waals surface area contributed by atoms with Crippen molar-refractivity contribution in [2.75, 3.05) is 0 Å². The fourth-order valence-electron chi connectivity index (χ4n) is 0.651. The first kappa shape index (κ1) is 8.28. The zero-order valence-corrected chi connectivity index (χ0v) is 7.96. The molecule has 1 aromatic rings. The maximum atomic E-state index is 6.90. The first-order valence-electron chi connectivity index (χ1n) is 3.15. The molecule has 0 spiro atoms. The van der Waals surface area contributed by atoms with E-state index in [9.17, 15) is 0 Å². The predicted molar refractivity (Wildman–Crippen MR) is 45.9 cm³/mol. The lowest BCUT2D eigenvalue weighted by Gasteiger charge is -2.10. The Morgan fingerprint density at radius 3 is 2.73 bits per heavy atom. The molecule has 58 valence electrons. The van der Waals surface area contributed by atoms with E-state index in [-0.39, 0.29) is 0 Å². The van der Waals surface area contributed by atoms with E-state index in [1.165, 1.54) is 0 Å². The van der Waals surface area contributed by atoms with Crippen LogP contribution in [0.4, 0.5) is 0 Å². The molecule has 1 rings (SSSR count). The predicted octanol–water partition coefficient (Wildman–Crippen LogP) is 2.26. The summed E-state index contributed by atoms with van der Waals surface area (Å²) in [6, 6.07) is 0. The molecule has 0 bridgehead atoms. The first-order chi connectivity index (χ1) is 5.06. The van der Waals surface area contributed by atoms with Crippen LogP contribution in [0.3, 0.4) is 0 Å². The fourth-order valence-corrected chi connectivity index (χ4v) is 0.937. The van der Waals surface area contributed by atoms with Crippen LogP contribution in [-0.2, 0) is 5.66 Å². The highest BCUT2D eigenvalue weighted by Crippen LogP contribution is 2.18. The van der Waals surface area contributed by atoms with E-state index in [1.54, 1.807) is 17.1 Å². The van der Waals surface area contributed by atoms with Crippen molar-refractivity contribution in [3.63, 3.8) is 0 Å². The van der Waals surface area contributed by atoms with Crippen LogP contribution in [-0.4, -0.2) is 9.78 Å². The number of halogens is 1. The van der Waals surface area contributed by atoms with Crippen LogP contribution in [0.15, 0.2) is 16.9 Å². The number of aromatic nitrogens is 2. The number of nitrogens with zero attached hydrogens (tertiary/aromatic N) is 3. The Hall–Kier alpha value is -0.820. The van der Waals surface area contributed by atoms with E-state index in [2.05, 4.69) is 25.9 Å². The third-order valence-electron chi connectivity index (χ3n) is 1.39. The molecule has 0 atom stereocenters. The lowest BCUT2D eigenvalue weighted by Crippen LogP contribution is -2.21. The summed E-state index contributed by atoms with van der Waals surface area (Å²) in [6.45, 7) is 10.5. The highest BCUT2D eigenvalue weighted by Gasteiger charge is 2.25. The Morgan fingerprint density at radius 2 is 2.36 bits per heavy atom. The molecule has 4 heteroatoms. The summed E-state index contributed by atoms with van der Waals surface area (Å²) in [6.07, 6.45) is 3.46. The molecular weight excluding hydrogens is 206 g/mol. The molecule has 0 radical (unpaired) electrons. The average molecular weight is 214 g/mol. The second kappa shape index (κ2) is 2.67. The maximum Gasteiger partial charge on any atom is 0.319 e. The van der Waals surface area contributed by atoms with E-state index in [0.29, 0.717) is 0 Å². The largest absolute Gasteiger partial charge is 0.319 e. The van der Waals surface area contributed by atoms with Gasteiger partial charge in [-0.1, -0.05) is 0 Å². The van der Waals surface area contributed by atoms with Crippen molar-refractivity contribution in [1.82, 2.24) is 9.78 Å². The molecule has 0 fully saturated rings. The molecule has 11 heavy (non-hydrogen) atoms. The summed E-state index contributed by atoms with van der Waals surface area (Å²) in [5, 5.41) is 4.01. The van der Waals surface area contributed by atoms with Crippen LogP contribution in [0, 0.1) is 6.57 Å². The fraction of sp³-hybridized carbons (Fsp3) is 0.429. The number of hydrogen-bond acceptors (Lipinski definition) is 1. The molecule has 0 aliphatic carbocycles. The molecule has 0 unspecified atom stereocenters. The second-order valence-corrected chi connectivity index (χ2v) is 3.63. The van der Waals surface area contributed by atoms with Crippen molar-refractivity contribution < 1.29 is 0 Å². The van der Waals surface area contributed by atoms with Crippen molar-refractivity contribution in [2.24, 2.45) is 0 Å². The van der Waals surface area contributed by atoms with Gasteiger partial charge in [0, 0.05) is 20.0 Å². The Balaban J connectivity index is 3.04. The minimum Gasteiger partial charge on any atom is -0.286 e. The van der Waals surface area contributed by atoms with Crippen molar-refractivity contribution in [3.05, 3.63) is 28.3 Å². The van der Waals surface area contributed by atoms with Gasteiger partial charge in [0.2, 0.25) is 0 Å². The Kier molecular flexibility index (Phi) is 2.01. The van der Waals surface area contributed by atoms with E-state index < -0.39 is 5.66 Å². The van der Waals surface area contributed by atoms with Gasteiger partial charge in [-0.15, -0.1) is 0 Å². The lowest BCUT2D eigenvalue weighted by molar-refractivity contribution is 0.402. The summed E-state index contributed by atoms with van der Waals surface area (Å²) in [4.78, 5) is 3.43. The highest BCUT2D eigenvalue weighted by atomic mass is 79.9. The minimum atomic E-state index is -0.577. The van der Waals surface area contributed by atoms with Crippen LogP contribution in [0.5, 0.6) is 0 Å². The van der Waals surface area contributed by atoms with E-state index in [4.69, 9.17) is 6.57 Å². The summed E-state index contributed by atoms with van der Waals surface area (Å²) in [5.41, 5.74) is -0.577. The number of rotatable bonds is 1. The summed E-state index contributed by atoms with van der Waals surface area (Å²) >= 11 is 3.27. The molecule has 0 aromatic carbocycles. The summed E-state index contributed by atoms with van der Waals surface area (Å²) < 4.78 is 2.53. The molecule has 0 aliphatic heterocycles. The normalized spacial score (nSPS) is 11.1. The van der Waals surface area contributed by atoms with Crippen LogP contribution >= 0.6 is 15.9 Å². The quantitative estimate of drug-likeness (QED) is 0.657. The van der Waals surface area contributed by atoms with Crippen molar-refractivity contribution in [3.8, 4) is 0 Å². The molecular formula is C7H8BrN3. The van der Waals surface area contributed by atoms with E-state index >= 15 is 0 Å². The van der Waals surface area contributed by atoms with Gasteiger partial charge in [-0.2, -0.15) is 9.78 Å². The van der Waals surface area contributed by atoms with Crippen LogP contribution in [0.1, 0.15) is 13.8 Å². The Morgan fingerprint density at radius 1 is 1.73 bits per heavy atom. The van der Waals surface area contributed by atoms with Gasteiger partial charge in [0.05, 0.1) is 10.7 Å². The third kappa shape index (κ3) is 1.60. The zero-order valence-electron chi connectivity index (χ0n) is 6.37. The van der Waals surface area contributed by atoms with Crippen LogP contribution in [0.25, 0.3) is 4.85 Å². The molecule has 0 aliphatic rings. The van der Waals surface area contributed by atoms with Gasteiger partial charge in [-0.3, -0.25) is 4.85 Å². The average Bonchev–Trinajstić information content (AvgIpc) is 2.36. The maximum absolute atomic E-state index is 6.90. The zero-order chi connectivity index (χ0) is 8.48. The third-order valence-corrected chi connectivity index (χ3v) is 1.79. The van der Waals surface area contributed by atoms with Gasteiger partial charge in [-0.25, -0.2) is 6.57 Å². The molecule has 0 saturated heterocycles. The molecule has 0 saturated carbocycles. The van der Waals surface area contributed by atoms with Gasteiger partial charge in [-0.05, 0) is 15.9 Å². The van der Waals surface area contributed by atoms with Gasteiger partial charge in [0.25, 0.3) is 0 Å². The Bertz CT molecular complexity index is 295. The van der Waals surface area contributed by atoms with E-state index in [0.717, 1.165) is 4.47 Å². The van der Waals surface area contributed by atoms with Crippen LogP contribution in [0.2, 0.25) is 0 Å². The second-order valence-electron chi connectivity index (χ2n) is 2.71. The smallest absolute Gasteiger partial charge is 0.286 e. The van der Waals surface area contributed by atoms with Gasteiger partial charge < -0.3 is 0 Å². The van der Waals surface area contributed by atoms with E-state index in [1.807, 2.05) is 13.8 Å². The SMILES string of the molecule is [C-]#[N+]C(C)(C)n1cc(Br)cn1. The molecule has 1 aromatic heterocycles. The first-order valence-corrected chi connectivity index (χ1v) is 3.95. The van der Waals surface area contributed by atoms with Crippen molar-refractivity contribution in [1.29, 1.82) is 0 Å². The Labute approximate surface area is 74.0 Å². The van der Waals surface area contributed by atoms with Gasteiger partial charge in [0.1, 0.15) is 0 Å². The molecule has 0 N–H and O–H groups in total. The lowest BCUT2D eigenvalue weighted by atomic mass is 10.3. The highest BCUT2D eigenvalue weighted by molar-refractivity contribution is 9.10. The minimum absolute atomic E-state index is 0.577. The van der Waals surface area contributed by atoms with Crippen molar-refractivity contribution in [2.45, 2.75) is 19.5 Å². The topological polar surface area (TPSA) is 22.2 Å². The molecule has 1 heterocycles. The number of hydrogen-bond donors (Lipinski definition) is 0. The van der Waals surface area contributed by atoms with Crippen LogP contribution < -0.4 is 0 Å². The van der Waals surface area contributed by atoms with Gasteiger partial charge >= 0.3 is 5.66 Å². The molecule has 0 amide bonds. The van der Waals surface area contributed by atoms with Gasteiger partial charge in [0.15, 0.2) is 0 Å².